The Kier molecular flexibility index (Phi) is 3.60. The lowest BCUT2D eigenvalue weighted by atomic mass is 9.62. The quantitative estimate of drug-likeness (QED) is 0.672. The maximum absolute atomic E-state index is 14.2. The smallest absolute Gasteiger partial charge is 0.318 e. The van der Waals surface area contributed by atoms with Crippen LogP contribution in [0.5, 0.6) is 5.75 Å². The lowest BCUT2D eigenvalue weighted by molar-refractivity contribution is -0.152. The van der Waals surface area contributed by atoms with Gasteiger partial charge in [-0.15, -0.1) is 0 Å². The molecule has 5 N–H and O–H groups in total. The first-order valence-corrected chi connectivity index (χ1v) is 6.54. The van der Waals surface area contributed by atoms with Gasteiger partial charge in [0.15, 0.2) is 0 Å². The normalized spacial score (nSPS) is 28.0. The van der Waals surface area contributed by atoms with Gasteiger partial charge in [0.05, 0.1) is 5.41 Å². The highest BCUT2D eigenvalue weighted by Gasteiger charge is 2.52. The van der Waals surface area contributed by atoms with Crippen molar-refractivity contribution in [2.45, 2.75) is 25.2 Å². The molecule has 0 aliphatic heterocycles. The van der Waals surface area contributed by atoms with Crippen molar-refractivity contribution in [1.29, 1.82) is 0 Å². The van der Waals surface area contributed by atoms with Crippen molar-refractivity contribution in [2.75, 3.05) is 0 Å². The van der Waals surface area contributed by atoms with Crippen LogP contribution in [0.3, 0.4) is 0 Å². The third-order valence-corrected chi connectivity index (χ3v) is 4.03. The first kappa shape index (κ1) is 15.8. The molecule has 0 saturated heterocycles. The molecule has 2 atom stereocenters. The zero-order valence-corrected chi connectivity index (χ0v) is 11.8. The summed E-state index contributed by atoms with van der Waals surface area (Å²) in [6.45, 7) is 1.38. The number of rotatable bonds is 3. The van der Waals surface area contributed by atoms with E-state index in [4.69, 9.17) is 5.73 Å². The molecule has 118 valence electrons. The van der Waals surface area contributed by atoms with E-state index in [9.17, 15) is 29.3 Å². The molecule has 0 fully saturated rings. The number of aliphatic carboxylic acids is 2. The van der Waals surface area contributed by atoms with E-state index >= 15 is 0 Å². The molecule has 0 heterocycles. The number of carbonyl (C=O) groups is 2. The molecule has 1 aliphatic carbocycles. The van der Waals surface area contributed by atoms with Gasteiger partial charge in [0.25, 0.3) is 0 Å². The molecule has 1 aromatic carbocycles. The molecule has 0 bridgehead atoms. The van der Waals surface area contributed by atoms with Crippen LogP contribution < -0.4 is 5.73 Å². The topological polar surface area (TPSA) is 121 Å². The summed E-state index contributed by atoms with van der Waals surface area (Å²) in [4.78, 5) is 23.3. The second kappa shape index (κ2) is 5.01. The average Bonchev–Trinajstić information content (AvgIpc) is 2.36. The van der Waals surface area contributed by atoms with Crippen LogP contribution >= 0.6 is 0 Å². The van der Waals surface area contributed by atoms with Gasteiger partial charge in [0.1, 0.15) is 17.0 Å². The number of nitrogens with two attached hydrogens (primary N) is 1. The fourth-order valence-corrected chi connectivity index (χ4v) is 2.99. The molecule has 0 amide bonds. The van der Waals surface area contributed by atoms with Gasteiger partial charge < -0.3 is 21.1 Å². The van der Waals surface area contributed by atoms with Gasteiger partial charge in [-0.25, -0.2) is 4.39 Å². The minimum Gasteiger partial charge on any atom is -0.508 e. The minimum absolute atomic E-state index is 0.0168. The highest BCUT2D eigenvalue weighted by atomic mass is 19.1. The number of hydrogen-bond acceptors (Lipinski definition) is 4. The number of phenols is 1. The summed E-state index contributed by atoms with van der Waals surface area (Å²) >= 11 is 0. The average molecular weight is 309 g/mol. The molecule has 2 unspecified atom stereocenters. The van der Waals surface area contributed by atoms with Crippen molar-refractivity contribution in [2.24, 2.45) is 11.1 Å². The Balaban J connectivity index is 2.70. The third kappa shape index (κ3) is 2.38. The van der Waals surface area contributed by atoms with Crippen molar-refractivity contribution >= 4 is 11.9 Å². The number of aromatic hydroxyl groups is 1. The fourth-order valence-electron chi connectivity index (χ4n) is 2.99. The number of phenolic OH excluding ortho intramolecular Hbond substituents is 1. The molecule has 7 heteroatoms. The van der Waals surface area contributed by atoms with Crippen molar-refractivity contribution in [3.63, 3.8) is 0 Å². The molecule has 0 aromatic heterocycles. The van der Waals surface area contributed by atoms with Crippen LogP contribution in [0.1, 0.15) is 25.3 Å². The Bertz CT molecular complexity index is 687. The first-order valence-electron chi connectivity index (χ1n) is 6.54. The Morgan fingerprint density at radius 2 is 1.91 bits per heavy atom. The zero-order valence-electron chi connectivity index (χ0n) is 11.8. The number of benzene rings is 1. The molecular formula is C15H16FNO5. The monoisotopic (exact) mass is 309 g/mol. The summed E-state index contributed by atoms with van der Waals surface area (Å²) in [5, 5.41) is 28.3. The van der Waals surface area contributed by atoms with Crippen molar-refractivity contribution in [3.05, 3.63) is 41.4 Å². The fraction of sp³-hybridized carbons (Fsp3) is 0.333. The largest absolute Gasteiger partial charge is 0.508 e. The van der Waals surface area contributed by atoms with E-state index in [-0.39, 0.29) is 29.9 Å². The molecule has 22 heavy (non-hydrogen) atoms. The Morgan fingerprint density at radius 3 is 2.41 bits per heavy atom. The summed E-state index contributed by atoms with van der Waals surface area (Å²) < 4.78 is 14.2. The summed E-state index contributed by atoms with van der Waals surface area (Å²) in [6, 6.07) is 3.08. The zero-order chi connectivity index (χ0) is 16.7. The molecule has 0 spiro atoms. The number of hydrogen-bond donors (Lipinski definition) is 4. The highest BCUT2D eigenvalue weighted by molar-refractivity contribution is 5.87. The van der Waals surface area contributed by atoms with Crippen LogP contribution in [0.15, 0.2) is 30.0 Å². The standard InChI is InChI=1S/C15H16FNO5/c1-14(12(19)20)5-8(17)6-15(7-14,13(21)22)10-3-2-9(18)4-11(10)16/h2-4,6,18H,5,7,17H2,1H3,(H,19,20)(H,21,22). The van der Waals surface area contributed by atoms with Crippen LogP contribution in [-0.2, 0) is 15.0 Å². The van der Waals surface area contributed by atoms with Crippen LogP contribution in [0, 0.1) is 11.2 Å². The molecule has 2 rings (SSSR count). The number of allylic oxidation sites excluding steroid dienone is 1. The van der Waals surface area contributed by atoms with Gasteiger partial charge in [-0.1, -0.05) is 6.07 Å². The van der Waals surface area contributed by atoms with Gasteiger partial charge in [-0.3, -0.25) is 9.59 Å². The van der Waals surface area contributed by atoms with E-state index < -0.39 is 28.6 Å². The second-order valence-electron chi connectivity index (χ2n) is 5.88. The van der Waals surface area contributed by atoms with Crippen LogP contribution in [0.2, 0.25) is 0 Å². The summed E-state index contributed by atoms with van der Waals surface area (Å²) in [6.07, 6.45) is 0.833. The lowest BCUT2D eigenvalue weighted by Crippen LogP contribution is -2.47. The van der Waals surface area contributed by atoms with Gasteiger partial charge in [0.2, 0.25) is 0 Å². The molecular weight excluding hydrogens is 293 g/mol. The highest BCUT2D eigenvalue weighted by Crippen LogP contribution is 2.47. The van der Waals surface area contributed by atoms with Gasteiger partial charge in [-0.2, -0.15) is 0 Å². The first-order chi connectivity index (χ1) is 10.1. The molecule has 6 nitrogen and oxygen atoms in total. The van der Waals surface area contributed by atoms with Gasteiger partial charge >= 0.3 is 11.9 Å². The Morgan fingerprint density at radius 1 is 1.27 bits per heavy atom. The van der Waals surface area contributed by atoms with Crippen molar-refractivity contribution < 1.29 is 29.3 Å². The van der Waals surface area contributed by atoms with Gasteiger partial charge in [-0.05, 0) is 25.5 Å². The molecule has 1 aromatic rings. The van der Waals surface area contributed by atoms with E-state index in [0.29, 0.717) is 0 Å². The molecule has 0 radical (unpaired) electrons. The predicted octanol–water partition coefficient (Wildman–Crippen LogP) is 1.58. The van der Waals surface area contributed by atoms with Crippen LogP contribution in [0.25, 0.3) is 0 Å². The Labute approximate surface area is 125 Å². The molecule has 1 aliphatic rings. The number of carboxylic acid groups (broad SMARTS) is 2. The summed E-state index contributed by atoms with van der Waals surface area (Å²) in [5.41, 5.74) is 2.26. The maximum Gasteiger partial charge on any atom is 0.318 e. The van der Waals surface area contributed by atoms with Gasteiger partial charge in [0, 0.05) is 23.7 Å². The van der Waals surface area contributed by atoms with E-state index in [2.05, 4.69) is 0 Å². The number of halogens is 1. The summed E-state index contributed by atoms with van der Waals surface area (Å²) in [5.74, 6) is -3.88. The van der Waals surface area contributed by atoms with Crippen molar-refractivity contribution in [3.8, 4) is 5.75 Å². The van der Waals surface area contributed by atoms with Crippen molar-refractivity contribution in [1.82, 2.24) is 0 Å². The maximum atomic E-state index is 14.2. The van der Waals surface area contributed by atoms with E-state index in [1.165, 1.54) is 13.0 Å². The number of carboxylic acids is 2. The SMILES string of the molecule is CC1(C(=O)O)CC(N)=CC(C(=O)O)(c2ccc(O)cc2F)C1. The third-order valence-electron chi connectivity index (χ3n) is 4.03. The minimum atomic E-state index is -1.90. The Hall–Kier alpha value is -2.57. The molecule has 0 saturated carbocycles. The van der Waals surface area contributed by atoms with E-state index in [0.717, 1.165) is 18.2 Å². The second-order valence-corrected chi connectivity index (χ2v) is 5.88. The van der Waals surface area contributed by atoms with Crippen LogP contribution in [-0.4, -0.2) is 27.3 Å². The van der Waals surface area contributed by atoms with E-state index in [1.54, 1.807) is 0 Å². The lowest BCUT2D eigenvalue weighted by Gasteiger charge is -2.39. The van der Waals surface area contributed by atoms with Crippen LogP contribution in [0.4, 0.5) is 4.39 Å². The van der Waals surface area contributed by atoms with E-state index in [1.807, 2.05) is 0 Å². The summed E-state index contributed by atoms with van der Waals surface area (Å²) in [7, 11) is 0. The predicted molar refractivity (Wildman–Crippen MR) is 74.6 cm³/mol.